The van der Waals surface area contributed by atoms with E-state index in [4.69, 9.17) is 0 Å². The first-order valence-electron chi connectivity index (χ1n) is 12.4. The van der Waals surface area contributed by atoms with E-state index in [1.165, 1.54) is 11.0 Å². The molecule has 0 saturated heterocycles. The van der Waals surface area contributed by atoms with Crippen LogP contribution >= 0.6 is 0 Å². The summed E-state index contributed by atoms with van der Waals surface area (Å²) in [5.74, 6) is -1.41. The smallest absolute Gasteiger partial charge is 0.244 e. The zero-order valence-electron chi connectivity index (χ0n) is 21.5. The van der Waals surface area contributed by atoms with E-state index in [0.29, 0.717) is 16.8 Å². The number of nitrogens with one attached hydrogen (secondary N) is 1. The van der Waals surface area contributed by atoms with Crippen LogP contribution in [0.25, 0.3) is 0 Å². The molecular weight excluding hydrogens is 481 g/mol. The summed E-state index contributed by atoms with van der Waals surface area (Å²) in [6.07, 6.45) is 6.03. The number of carbonyl (C=O) groups excluding carboxylic acids is 2. The van der Waals surface area contributed by atoms with Gasteiger partial charge in [0, 0.05) is 18.2 Å². The Labute approximate surface area is 213 Å². The van der Waals surface area contributed by atoms with Gasteiger partial charge in [-0.3, -0.25) is 13.9 Å². The number of benzene rings is 2. The fourth-order valence-electron chi connectivity index (χ4n) is 4.74. The third kappa shape index (κ3) is 6.84. The molecule has 36 heavy (non-hydrogen) atoms. The molecule has 7 nitrogen and oxygen atoms in total. The summed E-state index contributed by atoms with van der Waals surface area (Å²) < 4.78 is 41.2. The molecule has 0 bridgehead atoms. The molecule has 196 valence electrons. The van der Waals surface area contributed by atoms with E-state index in [1.54, 1.807) is 51.1 Å². The van der Waals surface area contributed by atoms with Gasteiger partial charge in [-0.25, -0.2) is 12.8 Å². The second-order valence-corrected chi connectivity index (χ2v) is 11.5. The van der Waals surface area contributed by atoms with Crippen LogP contribution in [0.2, 0.25) is 0 Å². The zero-order chi connectivity index (χ0) is 26.5. The van der Waals surface area contributed by atoms with Gasteiger partial charge in [0.05, 0.1) is 11.9 Å². The van der Waals surface area contributed by atoms with Crippen molar-refractivity contribution in [3.8, 4) is 0 Å². The second-order valence-electron chi connectivity index (χ2n) is 9.64. The van der Waals surface area contributed by atoms with Crippen molar-refractivity contribution in [1.29, 1.82) is 0 Å². The third-order valence-corrected chi connectivity index (χ3v) is 7.90. The molecule has 2 aromatic rings. The lowest BCUT2D eigenvalue weighted by molar-refractivity contribution is -0.139. The Kier molecular flexibility index (Phi) is 9.11. The Balaban J connectivity index is 1.92. The van der Waals surface area contributed by atoms with Gasteiger partial charge >= 0.3 is 0 Å². The predicted molar refractivity (Wildman–Crippen MR) is 140 cm³/mol. The van der Waals surface area contributed by atoms with Crippen molar-refractivity contribution >= 4 is 27.5 Å². The lowest BCUT2D eigenvalue weighted by Gasteiger charge is -2.33. The van der Waals surface area contributed by atoms with Gasteiger partial charge in [-0.15, -0.1) is 0 Å². The van der Waals surface area contributed by atoms with Crippen LogP contribution < -0.4 is 9.62 Å². The maximum Gasteiger partial charge on any atom is 0.244 e. The van der Waals surface area contributed by atoms with Crippen LogP contribution in [0.15, 0.2) is 42.5 Å². The van der Waals surface area contributed by atoms with Gasteiger partial charge in [0.1, 0.15) is 18.4 Å². The Morgan fingerprint density at radius 2 is 1.64 bits per heavy atom. The van der Waals surface area contributed by atoms with Crippen LogP contribution in [0.1, 0.15) is 55.7 Å². The highest BCUT2D eigenvalue weighted by Crippen LogP contribution is 2.27. The van der Waals surface area contributed by atoms with Gasteiger partial charge in [-0.1, -0.05) is 55.7 Å². The Bertz CT molecular complexity index is 1180. The number of amides is 2. The van der Waals surface area contributed by atoms with Crippen LogP contribution in [0.5, 0.6) is 0 Å². The number of hydrogen-bond acceptors (Lipinski definition) is 4. The molecule has 0 aromatic heterocycles. The molecule has 1 N–H and O–H groups in total. The molecule has 1 aliphatic carbocycles. The lowest BCUT2D eigenvalue weighted by atomic mass is 9.95. The molecular formula is C27H36FN3O4S. The lowest BCUT2D eigenvalue weighted by Crippen LogP contribution is -2.53. The molecule has 0 spiro atoms. The summed E-state index contributed by atoms with van der Waals surface area (Å²) >= 11 is 0. The molecule has 1 atom stereocenters. The maximum atomic E-state index is 14.5. The number of para-hydroxylation sites is 1. The molecule has 0 heterocycles. The summed E-state index contributed by atoms with van der Waals surface area (Å²) in [6, 6.07) is 10.6. The quantitative estimate of drug-likeness (QED) is 0.543. The van der Waals surface area contributed by atoms with E-state index in [0.717, 1.165) is 42.7 Å². The van der Waals surface area contributed by atoms with Crippen molar-refractivity contribution in [1.82, 2.24) is 10.2 Å². The van der Waals surface area contributed by atoms with E-state index in [-0.39, 0.29) is 24.1 Å². The van der Waals surface area contributed by atoms with Gasteiger partial charge in [-0.05, 0) is 50.8 Å². The molecule has 1 aliphatic rings. The van der Waals surface area contributed by atoms with Crippen molar-refractivity contribution in [3.63, 3.8) is 0 Å². The van der Waals surface area contributed by atoms with Gasteiger partial charge in [0.2, 0.25) is 21.8 Å². The molecule has 0 unspecified atom stereocenters. The Morgan fingerprint density at radius 1 is 1.03 bits per heavy atom. The second kappa shape index (κ2) is 11.9. The van der Waals surface area contributed by atoms with Crippen LogP contribution in [0.3, 0.4) is 0 Å². The molecule has 0 radical (unpaired) electrons. The predicted octanol–water partition coefficient (Wildman–Crippen LogP) is 4.07. The van der Waals surface area contributed by atoms with E-state index >= 15 is 0 Å². The summed E-state index contributed by atoms with van der Waals surface area (Å²) in [5, 5.41) is 3.03. The van der Waals surface area contributed by atoms with Crippen LogP contribution in [-0.2, 0) is 26.2 Å². The minimum Gasteiger partial charge on any atom is -0.352 e. The molecule has 3 rings (SSSR count). The number of sulfonamides is 1. The highest BCUT2D eigenvalue weighted by Gasteiger charge is 2.32. The van der Waals surface area contributed by atoms with E-state index in [1.807, 2.05) is 6.07 Å². The van der Waals surface area contributed by atoms with E-state index < -0.39 is 34.3 Å². The molecule has 2 amide bonds. The van der Waals surface area contributed by atoms with E-state index in [9.17, 15) is 22.4 Å². The van der Waals surface area contributed by atoms with Gasteiger partial charge in [-0.2, -0.15) is 0 Å². The average Bonchev–Trinajstić information content (AvgIpc) is 2.82. The number of rotatable bonds is 9. The summed E-state index contributed by atoms with van der Waals surface area (Å²) in [7, 11) is -3.83. The SMILES string of the molecule is Cc1cccc(C)c1N(CC(=O)N(Cc1ccccc1F)[C@H](C)C(=O)NC1CCCCC1)S(C)(=O)=O. The van der Waals surface area contributed by atoms with Crippen molar-refractivity contribution < 1.29 is 22.4 Å². The summed E-state index contributed by atoms with van der Waals surface area (Å²) in [6.45, 7) is 4.50. The van der Waals surface area contributed by atoms with Crippen LogP contribution in [0.4, 0.5) is 10.1 Å². The fourth-order valence-corrected chi connectivity index (χ4v) is 5.70. The third-order valence-electron chi connectivity index (χ3n) is 6.79. The first-order chi connectivity index (χ1) is 17.0. The first kappa shape index (κ1) is 27.6. The standard InChI is InChI=1S/C27H36FN3O4S/c1-19-11-10-12-20(2)26(19)31(36(4,34)35)18-25(32)30(17-22-13-8-9-16-24(22)28)21(3)27(33)29-23-14-6-5-7-15-23/h8-13,16,21,23H,5-7,14-15,17-18H2,1-4H3,(H,29,33)/t21-/m1/s1. The molecule has 0 aliphatic heterocycles. The van der Waals surface area contributed by atoms with Crippen LogP contribution in [0, 0.1) is 19.7 Å². The first-order valence-corrected chi connectivity index (χ1v) is 14.2. The minimum absolute atomic E-state index is 0.0428. The zero-order valence-corrected chi connectivity index (χ0v) is 22.3. The maximum absolute atomic E-state index is 14.5. The number of nitrogens with zero attached hydrogens (tertiary/aromatic N) is 2. The highest BCUT2D eigenvalue weighted by molar-refractivity contribution is 7.92. The van der Waals surface area contributed by atoms with Crippen molar-refractivity contribution in [2.24, 2.45) is 0 Å². The Hall–Kier alpha value is -2.94. The van der Waals surface area contributed by atoms with Crippen LogP contribution in [-0.4, -0.2) is 50.0 Å². The monoisotopic (exact) mass is 517 g/mol. The van der Waals surface area contributed by atoms with Crippen molar-refractivity contribution in [3.05, 3.63) is 65.0 Å². The van der Waals surface area contributed by atoms with Gasteiger partial charge in [0.15, 0.2) is 0 Å². The van der Waals surface area contributed by atoms with Crippen molar-refractivity contribution in [2.45, 2.75) is 71.5 Å². The minimum atomic E-state index is -3.83. The number of anilines is 1. The number of aryl methyl sites for hydroxylation is 2. The average molecular weight is 518 g/mol. The number of hydrogen-bond donors (Lipinski definition) is 1. The topological polar surface area (TPSA) is 86.8 Å². The highest BCUT2D eigenvalue weighted by atomic mass is 32.2. The number of halogens is 1. The molecule has 9 heteroatoms. The summed E-state index contributed by atoms with van der Waals surface area (Å²) in [5.41, 5.74) is 2.09. The molecule has 1 fully saturated rings. The number of carbonyl (C=O) groups is 2. The van der Waals surface area contributed by atoms with Crippen molar-refractivity contribution in [2.75, 3.05) is 17.1 Å². The molecule has 1 saturated carbocycles. The fraction of sp³-hybridized carbons (Fsp3) is 0.481. The van der Waals surface area contributed by atoms with Gasteiger partial charge in [0.25, 0.3) is 0 Å². The Morgan fingerprint density at radius 3 is 2.22 bits per heavy atom. The van der Waals surface area contributed by atoms with E-state index in [2.05, 4.69) is 5.32 Å². The largest absolute Gasteiger partial charge is 0.352 e. The molecule has 2 aromatic carbocycles. The summed E-state index contributed by atoms with van der Waals surface area (Å²) in [4.78, 5) is 28.1. The normalized spacial score (nSPS) is 15.2. The van der Waals surface area contributed by atoms with Gasteiger partial charge < -0.3 is 10.2 Å².